The number of aldehydes is 1. The molecule has 0 aliphatic heterocycles. The third kappa shape index (κ3) is 2.96. The Hall–Kier alpha value is -2.49. The lowest BCUT2D eigenvalue weighted by atomic mass is 10.0. The second-order valence-corrected chi connectivity index (χ2v) is 7.49. The van der Waals surface area contributed by atoms with E-state index in [0.717, 1.165) is 17.4 Å². The van der Waals surface area contributed by atoms with Crippen molar-refractivity contribution in [3.05, 3.63) is 83.7 Å². The number of carbonyl (C=O) groups excluding carboxylic acids is 1. The van der Waals surface area contributed by atoms with E-state index in [9.17, 15) is 4.79 Å². The Balaban J connectivity index is 1.60. The van der Waals surface area contributed by atoms with E-state index in [1.165, 1.54) is 20.2 Å². The molecule has 0 bridgehead atoms. The number of thiophene rings is 2. The highest BCUT2D eigenvalue weighted by molar-refractivity contribution is 7.23. The van der Waals surface area contributed by atoms with Crippen LogP contribution < -0.4 is 0 Å². The predicted octanol–water partition coefficient (Wildman–Crippen LogP) is 6.62. The molecular formula is C21H14OS2. The van der Waals surface area contributed by atoms with Crippen molar-refractivity contribution in [1.29, 1.82) is 0 Å². The van der Waals surface area contributed by atoms with Crippen LogP contribution in [0.15, 0.2) is 78.2 Å². The fraction of sp³-hybridized carbons (Fsp3) is 0. The topological polar surface area (TPSA) is 17.1 Å². The lowest BCUT2D eigenvalue weighted by Crippen LogP contribution is -1.81. The minimum atomic E-state index is 0.704. The van der Waals surface area contributed by atoms with Gasteiger partial charge in [-0.1, -0.05) is 54.6 Å². The molecule has 2 aromatic carbocycles. The second-order valence-electron chi connectivity index (χ2n) is 5.46. The molecule has 4 aromatic rings. The Bertz CT molecular complexity index is 946. The van der Waals surface area contributed by atoms with Gasteiger partial charge in [0.25, 0.3) is 0 Å². The Morgan fingerprint density at radius 2 is 1.25 bits per heavy atom. The first-order chi connectivity index (χ1) is 11.8. The Labute approximate surface area is 148 Å². The highest BCUT2D eigenvalue weighted by atomic mass is 32.1. The van der Waals surface area contributed by atoms with Gasteiger partial charge in [-0.25, -0.2) is 0 Å². The van der Waals surface area contributed by atoms with Crippen molar-refractivity contribution >= 4 is 29.0 Å². The first-order valence-corrected chi connectivity index (χ1v) is 9.33. The van der Waals surface area contributed by atoms with Gasteiger partial charge in [-0.2, -0.15) is 0 Å². The minimum Gasteiger partial charge on any atom is -0.298 e. The molecule has 0 aliphatic carbocycles. The van der Waals surface area contributed by atoms with Crippen molar-refractivity contribution in [2.75, 3.05) is 0 Å². The van der Waals surface area contributed by atoms with Crippen LogP contribution in [0.5, 0.6) is 0 Å². The summed E-state index contributed by atoms with van der Waals surface area (Å²) in [6.07, 6.45) is 0.870. The normalized spacial score (nSPS) is 10.7. The summed E-state index contributed by atoms with van der Waals surface area (Å²) in [7, 11) is 0. The van der Waals surface area contributed by atoms with Crippen molar-refractivity contribution in [2.24, 2.45) is 0 Å². The molecular weight excluding hydrogens is 332 g/mol. The number of carbonyl (C=O) groups is 1. The highest BCUT2D eigenvalue weighted by Crippen LogP contribution is 2.37. The third-order valence-electron chi connectivity index (χ3n) is 3.92. The van der Waals surface area contributed by atoms with Crippen molar-refractivity contribution in [3.8, 4) is 31.3 Å². The molecule has 2 heterocycles. The van der Waals surface area contributed by atoms with E-state index in [1.807, 2.05) is 35.6 Å². The summed E-state index contributed by atoms with van der Waals surface area (Å²) >= 11 is 3.59. The van der Waals surface area contributed by atoms with E-state index in [2.05, 4.69) is 53.9 Å². The monoisotopic (exact) mass is 346 g/mol. The molecule has 1 nitrogen and oxygen atoms in total. The van der Waals surface area contributed by atoms with E-state index in [0.29, 0.717) is 5.56 Å². The van der Waals surface area contributed by atoms with E-state index >= 15 is 0 Å². The SMILES string of the molecule is O=Cc1ccc(-c2ccc(-c3ccc(-c4cccs4)s3)cc2)cc1. The smallest absolute Gasteiger partial charge is 0.150 e. The summed E-state index contributed by atoms with van der Waals surface area (Å²) in [6, 6.07) is 24.9. The number of rotatable bonds is 4. The molecule has 0 radical (unpaired) electrons. The minimum absolute atomic E-state index is 0.704. The van der Waals surface area contributed by atoms with Crippen molar-refractivity contribution in [3.63, 3.8) is 0 Å². The van der Waals surface area contributed by atoms with Crippen molar-refractivity contribution < 1.29 is 4.79 Å². The molecule has 0 aliphatic rings. The Kier molecular flexibility index (Phi) is 4.11. The number of hydrogen-bond acceptors (Lipinski definition) is 3. The summed E-state index contributed by atoms with van der Waals surface area (Å²) in [6.45, 7) is 0. The molecule has 2 aromatic heterocycles. The molecule has 24 heavy (non-hydrogen) atoms. The van der Waals surface area contributed by atoms with Gasteiger partial charge in [0, 0.05) is 20.2 Å². The zero-order valence-corrected chi connectivity index (χ0v) is 14.4. The molecule has 116 valence electrons. The van der Waals surface area contributed by atoms with Crippen LogP contribution in [0.2, 0.25) is 0 Å². The van der Waals surface area contributed by atoms with Gasteiger partial charge in [-0.15, -0.1) is 22.7 Å². The van der Waals surface area contributed by atoms with E-state index in [4.69, 9.17) is 0 Å². The van der Waals surface area contributed by atoms with Gasteiger partial charge < -0.3 is 0 Å². The summed E-state index contributed by atoms with van der Waals surface area (Å²) in [5.74, 6) is 0. The summed E-state index contributed by atoms with van der Waals surface area (Å²) in [4.78, 5) is 14.7. The molecule has 0 saturated heterocycles. The van der Waals surface area contributed by atoms with E-state index in [1.54, 1.807) is 11.3 Å². The third-order valence-corrected chi connectivity index (χ3v) is 6.12. The van der Waals surface area contributed by atoms with Crippen LogP contribution in [-0.2, 0) is 0 Å². The first-order valence-electron chi connectivity index (χ1n) is 7.63. The largest absolute Gasteiger partial charge is 0.298 e. The van der Waals surface area contributed by atoms with E-state index < -0.39 is 0 Å². The van der Waals surface area contributed by atoms with Gasteiger partial charge in [0.2, 0.25) is 0 Å². The van der Waals surface area contributed by atoms with Crippen LogP contribution in [0.1, 0.15) is 10.4 Å². The zero-order valence-electron chi connectivity index (χ0n) is 12.8. The van der Waals surface area contributed by atoms with Crippen LogP contribution in [-0.4, -0.2) is 6.29 Å². The number of benzene rings is 2. The van der Waals surface area contributed by atoms with Crippen LogP contribution in [0.4, 0.5) is 0 Å². The van der Waals surface area contributed by atoms with Crippen LogP contribution in [0, 0.1) is 0 Å². The van der Waals surface area contributed by atoms with Crippen LogP contribution in [0.3, 0.4) is 0 Å². The fourth-order valence-corrected chi connectivity index (χ4v) is 4.47. The first kappa shape index (κ1) is 15.1. The maximum absolute atomic E-state index is 10.7. The van der Waals surface area contributed by atoms with Crippen molar-refractivity contribution in [1.82, 2.24) is 0 Å². The van der Waals surface area contributed by atoms with Crippen LogP contribution >= 0.6 is 22.7 Å². The summed E-state index contributed by atoms with van der Waals surface area (Å²) in [5, 5.41) is 2.11. The maximum Gasteiger partial charge on any atom is 0.150 e. The van der Waals surface area contributed by atoms with Gasteiger partial charge in [0.1, 0.15) is 6.29 Å². The molecule has 0 spiro atoms. The van der Waals surface area contributed by atoms with E-state index in [-0.39, 0.29) is 0 Å². The molecule has 0 saturated carbocycles. The lowest BCUT2D eigenvalue weighted by Gasteiger charge is -2.04. The molecule has 0 atom stereocenters. The molecule has 0 amide bonds. The quantitative estimate of drug-likeness (QED) is 0.379. The molecule has 0 fully saturated rings. The molecule has 0 unspecified atom stereocenters. The molecule has 4 rings (SSSR count). The van der Waals surface area contributed by atoms with Crippen molar-refractivity contribution in [2.45, 2.75) is 0 Å². The van der Waals surface area contributed by atoms with Gasteiger partial charge in [0.05, 0.1) is 0 Å². The zero-order chi connectivity index (χ0) is 16.4. The molecule has 0 N–H and O–H groups in total. The second kappa shape index (κ2) is 6.56. The predicted molar refractivity (Wildman–Crippen MR) is 104 cm³/mol. The molecule has 3 heteroatoms. The van der Waals surface area contributed by atoms with Crippen LogP contribution in [0.25, 0.3) is 31.3 Å². The van der Waals surface area contributed by atoms with Gasteiger partial charge in [-0.05, 0) is 40.3 Å². The Morgan fingerprint density at radius 3 is 1.88 bits per heavy atom. The standard InChI is InChI=1S/C21H14OS2/c22-14-15-3-5-16(6-4-15)17-7-9-18(10-8-17)19-11-12-21(24-19)20-2-1-13-23-20/h1-14H. The average molecular weight is 346 g/mol. The average Bonchev–Trinajstić information content (AvgIpc) is 3.33. The summed E-state index contributed by atoms with van der Waals surface area (Å²) < 4.78 is 0. The van der Waals surface area contributed by atoms with Gasteiger partial charge >= 0.3 is 0 Å². The Morgan fingerprint density at radius 1 is 0.625 bits per heavy atom. The highest BCUT2D eigenvalue weighted by Gasteiger charge is 2.06. The van der Waals surface area contributed by atoms with Gasteiger partial charge in [-0.3, -0.25) is 4.79 Å². The number of hydrogen-bond donors (Lipinski definition) is 0. The fourth-order valence-electron chi connectivity index (χ4n) is 2.63. The maximum atomic E-state index is 10.7. The summed E-state index contributed by atoms with van der Waals surface area (Å²) in [5.41, 5.74) is 4.22. The van der Waals surface area contributed by atoms with Gasteiger partial charge in [0.15, 0.2) is 0 Å². The lowest BCUT2D eigenvalue weighted by molar-refractivity contribution is 0.112.